The standard InChI is InChI=1S/C19H25NO2/c1-5-13(2)14-9-11-15(12-10-14)19(20)18-16(21-3)7-6-8-17(18)22-4/h6-13,19H,5,20H2,1-4H3. The number of ether oxygens (including phenoxy) is 2. The molecule has 0 fully saturated rings. The van der Waals surface area contributed by atoms with Crippen LogP contribution in [0.15, 0.2) is 42.5 Å². The van der Waals surface area contributed by atoms with Crippen LogP contribution in [0.3, 0.4) is 0 Å². The minimum absolute atomic E-state index is 0.280. The lowest BCUT2D eigenvalue weighted by molar-refractivity contribution is 0.382. The second kappa shape index (κ2) is 7.32. The van der Waals surface area contributed by atoms with Crippen LogP contribution in [0, 0.1) is 0 Å². The molecule has 0 saturated carbocycles. The highest BCUT2D eigenvalue weighted by atomic mass is 16.5. The zero-order chi connectivity index (χ0) is 16.1. The van der Waals surface area contributed by atoms with Gasteiger partial charge in [-0.15, -0.1) is 0 Å². The summed E-state index contributed by atoms with van der Waals surface area (Å²) in [6.07, 6.45) is 1.13. The first-order valence-corrected chi connectivity index (χ1v) is 7.68. The van der Waals surface area contributed by atoms with E-state index < -0.39 is 0 Å². The van der Waals surface area contributed by atoms with Crippen molar-refractivity contribution in [3.05, 3.63) is 59.2 Å². The quantitative estimate of drug-likeness (QED) is 0.866. The van der Waals surface area contributed by atoms with Crippen LogP contribution in [-0.4, -0.2) is 14.2 Å². The lowest BCUT2D eigenvalue weighted by Gasteiger charge is -2.20. The van der Waals surface area contributed by atoms with Gasteiger partial charge < -0.3 is 15.2 Å². The van der Waals surface area contributed by atoms with Gasteiger partial charge in [-0.1, -0.05) is 44.2 Å². The van der Waals surface area contributed by atoms with Crippen LogP contribution in [0.2, 0.25) is 0 Å². The summed E-state index contributed by atoms with van der Waals surface area (Å²) >= 11 is 0. The summed E-state index contributed by atoms with van der Waals surface area (Å²) in [7, 11) is 3.30. The molecule has 0 aliphatic heterocycles. The van der Waals surface area contributed by atoms with E-state index in [1.54, 1.807) is 14.2 Å². The van der Waals surface area contributed by atoms with Crippen molar-refractivity contribution in [3.63, 3.8) is 0 Å². The third kappa shape index (κ3) is 3.25. The molecule has 2 unspecified atom stereocenters. The van der Waals surface area contributed by atoms with Gasteiger partial charge in [0.25, 0.3) is 0 Å². The molecule has 0 amide bonds. The monoisotopic (exact) mass is 299 g/mol. The zero-order valence-corrected chi connectivity index (χ0v) is 13.8. The highest BCUT2D eigenvalue weighted by Gasteiger charge is 2.19. The van der Waals surface area contributed by atoms with Gasteiger partial charge in [-0.3, -0.25) is 0 Å². The van der Waals surface area contributed by atoms with Crippen LogP contribution in [0.1, 0.15) is 48.9 Å². The minimum atomic E-state index is -0.280. The zero-order valence-electron chi connectivity index (χ0n) is 13.8. The Labute approximate surface area is 133 Å². The van der Waals surface area contributed by atoms with Crippen LogP contribution in [0.25, 0.3) is 0 Å². The molecule has 0 saturated heterocycles. The van der Waals surface area contributed by atoms with E-state index in [0.717, 1.165) is 29.0 Å². The Hall–Kier alpha value is -2.00. The van der Waals surface area contributed by atoms with Crippen molar-refractivity contribution in [2.75, 3.05) is 14.2 Å². The molecule has 118 valence electrons. The SMILES string of the molecule is CCC(C)c1ccc(C(N)c2c(OC)cccc2OC)cc1. The van der Waals surface area contributed by atoms with E-state index in [1.165, 1.54) is 5.56 Å². The number of hydrogen-bond acceptors (Lipinski definition) is 3. The van der Waals surface area contributed by atoms with E-state index in [1.807, 2.05) is 18.2 Å². The Balaban J connectivity index is 2.37. The fourth-order valence-electron chi connectivity index (χ4n) is 2.62. The smallest absolute Gasteiger partial charge is 0.127 e. The molecule has 3 heteroatoms. The predicted molar refractivity (Wildman–Crippen MR) is 90.7 cm³/mol. The van der Waals surface area contributed by atoms with Gasteiger partial charge >= 0.3 is 0 Å². The van der Waals surface area contributed by atoms with Crippen LogP contribution in [0.4, 0.5) is 0 Å². The molecule has 0 bridgehead atoms. The highest BCUT2D eigenvalue weighted by molar-refractivity contribution is 5.50. The molecule has 2 rings (SSSR count). The molecule has 22 heavy (non-hydrogen) atoms. The van der Waals surface area contributed by atoms with Crippen molar-refractivity contribution < 1.29 is 9.47 Å². The van der Waals surface area contributed by atoms with Crippen molar-refractivity contribution >= 4 is 0 Å². The Kier molecular flexibility index (Phi) is 5.45. The van der Waals surface area contributed by atoms with E-state index in [4.69, 9.17) is 15.2 Å². The molecule has 0 aromatic heterocycles. The molecule has 2 atom stereocenters. The average molecular weight is 299 g/mol. The predicted octanol–water partition coefficient (Wildman–Crippen LogP) is 4.27. The van der Waals surface area contributed by atoms with Crippen LogP contribution in [0.5, 0.6) is 11.5 Å². The van der Waals surface area contributed by atoms with Gasteiger partial charge in [-0.25, -0.2) is 0 Å². The second-order valence-corrected chi connectivity index (χ2v) is 5.53. The third-order valence-corrected chi connectivity index (χ3v) is 4.25. The van der Waals surface area contributed by atoms with Gasteiger partial charge in [0.1, 0.15) is 11.5 Å². The maximum Gasteiger partial charge on any atom is 0.127 e. The van der Waals surface area contributed by atoms with E-state index >= 15 is 0 Å². The number of nitrogens with two attached hydrogens (primary N) is 1. The number of benzene rings is 2. The van der Waals surface area contributed by atoms with Crippen molar-refractivity contribution in [1.82, 2.24) is 0 Å². The summed E-state index contributed by atoms with van der Waals surface area (Å²) in [6, 6.07) is 13.9. The summed E-state index contributed by atoms with van der Waals surface area (Å²) < 4.78 is 10.9. The molecule has 2 aromatic carbocycles. The molecule has 2 aromatic rings. The first-order valence-electron chi connectivity index (χ1n) is 7.68. The second-order valence-electron chi connectivity index (χ2n) is 5.53. The fraction of sp³-hybridized carbons (Fsp3) is 0.368. The molecular weight excluding hydrogens is 274 g/mol. The van der Waals surface area contributed by atoms with Crippen molar-refractivity contribution in [1.29, 1.82) is 0 Å². The number of hydrogen-bond donors (Lipinski definition) is 1. The Bertz CT molecular complexity index is 585. The maximum atomic E-state index is 6.47. The van der Waals surface area contributed by atoms with E-state index in [-0.39, 0.29) is 6.04 Å². The van der Waals surface area contributed by atoms with E-state index in [2.05, 4.69) is 38.1 Å². The van der Waals surface area contributed by atoms with Gasteiger partial charge in [-0.05, 0) is 35.6 Å². The maximum absolute atomic E-state index is 6.47. The summed E-state index contributed by atoms with van der Waals surface area (Å²) in [6.45, 7) is 4.43. The van der Waals surface area contributed by atoms with Crippen molar-refractivity contribution in [2.24, 2.45) is 5.73 Å². The van der Waals surface area contributed by atoms with Crippen molar-refractivity contribution in [3.8, 4) is 11.5 Å². The van der Waals surface area contributed by atoms with Crippen LogP contribution in [-0.2, 0) is 0 Å². The molecule has 3 nitrogen and oxygen atoms in total. The van der Waals surface area contributed by atoms with E-state index in [9.17, 15) is 0 Å². The molecule has 2 N–H and O–H groups in total. The molecule has 0 spiro atoms. The van der Waals surface area contributed by atoms with Gasteiger partial charge in [0.15, 0.2) is 0 Å². The molecule has 0 aliphatic carbocycles. The number of rotatable bonds is 6. The lowest BCUT2D eigenvalue weighted by atomic mass is 9.93. The summed E-state index contributed by atoms with van der Waals surface area (Å²) in [5.74, 6) is 2.06. The third-order valence-electron chi connectivity index (χ3n) is 4.25. The average Bonchev–Trinajstić information content (AvgIpc) is 2.59. The highest BCUT2D eigenvalue weighted by Crippen LogP contribution is 2.36. The molecule has 0 radical (unpaired) electrons. The topological polar surface area (TPSA) is 44.5 Å². The number of methoxy groups -OCH3 is 2. The first-order chi connectivity index (χ1) is 10.6. The van der Waals surface area contributed by atoms with Gasteiger partial charge in [0, 0.05) is 0 Å². The van der Waals surface area contributed by atoms with Crippen LogP contribution >= 0.6 is 0 Å². The Morgan fingerprint density at radius 1 is 0.909 bits per heavy atom. The fourth-order valence-corrected chi connectivity index (χ4v) is 2.62. The molecular formula is C19H25NO2. The van der Waals surface area contributed by atoms with Crippen LogP contribution < -0.4 is 15.2 Å². The molecule has 0 heterocycles. The largest absolute Gasteiger partial charge is 0.496 e. The lowest BCUT2D eigenvalue weighted by Crippen LogP contribution is -2.14. The summed E-state index contributed by atoms with van der Waals surface area (Å²) in [5, 5.41) is 0. The minimum Gasteiger partial charge on any atom is -0.496 e. The van der Waals surface area contributed by atoms with Gasteiger partial charge in [-0.2, -0.15) is 0 Å². The van der Waals surface area contributed by atoms with E-state index in [0.29, 0.717) is 5.92 Å². The summed E-state index contributed by atoms with van der Waals surface area (Å²) in [5.41, 5.74) is 9.74. The molecule has 0 aliphatic rings. The normalized spacial score (nSPS) is 13.5. The van der Waals surface area contributed by atoms with Gasteiger partial charge in [0.05, 0.1) is 25.8 Å². The first kappa shape index (κ1) is 16.4. The Morgan fingerprint density at radius 3 is 1.86 bits per heavy atom. The van der Waals surface area contributed by atoms with Gasteiger partial charge in [0.2, 0.25) is 0 Å². The van der Waals surface area contributed by atoms with Crippen molar-refractivity contribution in [2.45, 2.75) is 32.2 Å². The Morgan fingerprint density at radius 2 is 1.41 bits per heavy atom. The summed E-state index contributed by atoms with van der Waals surface area (Å²) in [4.78, 5) is 0.